The van der Waals surface area contributed by atoms with Crippen LogP contribution in [0.4, 0.5) is 11.4 Å². The third-order valence-corrected chi connectivity index (χ3v) is 6.66. The van der Waals surface area contributed by atoms with Crippen LogP contribution in [0.15, 0.2) is 94.9 Å². The van der Waals surface area contributed by atoms with Gasteiger partial charge in [-0.3, -0.25) is 9.98 Å². The van der Waals surface area contributed by atoms with Crippen molar-refractivity contribution >= 4 is 81.1 Å². The van der Waals surface area contributed by atoms with Crippen LogP contribution >= 0.6 is 28.5 Å². The summed E-state index contributed by atoms with van der Waals surface area (Å²) in [5, 5.41) is 4.71. The first-order chi connectivity index (χ1) is 17.3. The Morgan fingerprint density at radius 3 is 1.75 bits per heavy atom. The van der Waals surface area contributed by atoms with Gasteiger partial charge in [-0.2, -0.15) is 0 Å². The van der Waals surface area contributed by atoms with E-state index in [0.717, 1.165) is 53.0 Å². The van der Waals surface area contributed by atoms with Crippen LogP contribution in [0.2, 0.25) is 19.6 Å². The van der Waals surface area contributed by atoms with E-state index in [0.29, 0.717) is 0 Å². The van der Waals surface area contributed by atoms with Gasteiger partial charge < -0.3 is 4.43 Å². The van der Waals surface area contributed by atoms with Gasteiger partial charge in [0, 0.05) is 17.4 Å². The molecular formula is C29H32Br2N2NiOSi. The average Bonchev–Trinajstić information content (AvgIpc) is 2.86. The van der Waals surface area contributed by atoms with Gasteiger partial charge in [0.15, 0.2) is 8.32 Å². The summed E-state index contributed by atoms with van der Waals surface area (Å²) in [5.74, 6) is 0. The first kappa shape index (κ1) is 28.9. The predicted octanol–water partition coefficient (Wildman–Crippen LogP) is 10.2. The predicted molar refractivity (Wildman–Crippen MR) is 164 cm³/mol. The SMILES string of the molecule is CC(=Nc1cccc2ccccc12)C(CCCO[Si](C)(C)C)=Nc1cccc2ccccc12.[Br][Ni][Br]. The van der Waals surface area contributed by atoms with E-state index >= 15 is 0 Å². The van der Waals surface area contributed by atoms with Crippen molar-refractivity contribution in [1.82, 2.24) is 0 Å². The molecule has 0 aliphatic rings. The zero-order valence-corrected chi connectivity index (χ0v) is 26.2. The summed E-state index contributed by atoms with van der Waals surface area (Å²) in [4.78, 5) is 10.2. The second-order valence-electron chi connectivity index (χ2n) is 9.36. The van der Waals surface area contributed by atoms with Gasteiger partial charge in [-0.25, -0.2) is 0 Å². The molecule has 4 rings (SSSR count). The van der Waals surface area contributed by atoms with Gasteiger partial charge in [0.25, 0.3) is 0 Å². The quantitative estimate of drug-likeness (QED) is 0.104. The van der Waals surface area contributed by atoms with Crippen molar-refractivity contribution in [2.24, 2.45) is 9.98 Å². The molecule has 3 nitrogen and oxygen atoms in total. The number of rotatable bonds is 8. The molecule has 0 amide bonds. The van der Waals surface area contributed by atoms with Crippen molar-refractivity contribution in [3.63, 3.8) is 0 Å². The Balaban J connectivity index is 0.00000115. The van der Waals surface area contributed by atoms with Gasteiger partial charge in [0.1, 0.15) is 0 Å². The molecule has 0 aromatic heterocycles. The van der Waals surface area contributed by atoms with Crippen molar-refractivity contribution in [2.75, 3.05) is 6.61 Å². The van der Waals surface area contributed by atoms with E-state index in [-0.39, 0.29) is 0 Å². The molecule has 0 aliphatic heterocycles. The number of halogens is 2. The number of fused-ring (bicyclic) bond motifs is 2. The van der Waals surface area contributed by atoms with Crippen molar-refractivity contribution in [1.29, 1.82) is 0 Å². The summed E-state index contributed by atoms with van der Waals surface area (Å²) in [6.07, 6.45) is 1.75. The van der Waals surface area contributed by atoms with Crippen LogP contribution < -0.4 is 0 Å². The van der Waals surface area contributed by atoms with E-state index in [1.54, 1.807) is 0 Å². The van der Waals surface area contributed by atoms with Crippen LogP contribution in [0.1, 0.15) is 19.8 Å². The van der Waals surface area contributed by atoms with Crippen molar-refractivity contribution in [2.45, 2.75) is 39.4 Å². The molecule has 36 heavy (non-hydrogen) atoms. The molecule has 4 aromatic carbocycles. The Morgan fingerprint density at radius 1 is 0.750 bits per heavy atom. The topological polar surface area (TPSA) is 34.0 Å². The molecule has 0 atom stereocenters. The molecule has 7 heteroatoms. The molecule has 0 heterocycles. The first-order valence-corrected chi connectivity index (χ1v) is 20.2. The molecule has 0 radical (unpaired) electrons. The van der Waals surface area contributed by atoms with Crippen LogP contribution in [-0.4, -0.2) is 26.3 Å². The van der Waals surface area contributed by atoms with Crippen molar-refractivity contribution in [3.05, 3.63) is 84.9 Å². The summed E-state index contributed by atoms with van der Waals surface area (Å²) < 4.78 is 6.10. The zero-order valence-electron chi connectivity index (χ0n) is 21.1. The van der Waals surface area contributed by atoms with E-state index in [1.165, 1.54) is 21.7 Å². The molecule has 0 saturated carbocycles. The monoisotopic (exact) mass is 668 g/mol. The minimum atomic E-state index is -1.53. The third-order valence-electron chi connectivity index (χ3n) is 5.59. The summed E-state index contributed by atoms with van der Waals surface area (Å²) in [5.41, 5.74) is 3.93. The van der Waals surface area contributed by atoms with Crippen LogP contribution in [0, 0.1) is 0 Å². The Kier molecular flexibility index (Phi) is 11.5. The van der Waals surface area contributed by atoms with Crippen LogP contribution in [0.5, 0.6) is 0 Å². The fraction of sp³-hybridized carbons (Fsp3) is 0.241. The number of hydrogen-bond donors (Lipinski definition) is 0. The van der Waals surface area contributed by atoms with Gasteiger partial charge in [0.05, 0.1) is 22.8 Å². The summed E-state index contributed by atoms with van der Waals surface area (Å²) in [6, 6.07) is 29.4. The van der Waals surface area contributed by atoms with Gasteiger partial charge in [-0.1, -0.05) is 72.8 Å². The fourth-order valence-electron chi connectivity index (χ4n) is 3.94. The summed E-state index contributed by atoms with van der Waals surface area (Å²) in [6.45, 7) is 9.51. The van der Waals surface area contributed by atoms with Gasteiger partial charge in [0.2, 0.25) is 0 Å². The minimum absolute atomic E-state index is 0.756. The Hall–Kier alpha value is -1.63. The molecule has 0 bridgehead atoms. The van der Waals surface area contributed by atoms with Gasteiger partial charge in [-0.15, -0.1) is 0 Å². The first-order valence-electron chi connectivity index (χ1n) is 11.9. The number of hydrogen-bond acceptors (Lipinski definition) is 3. The average molecular weight is 671 g/mol. The molecule has 0 N–H and O–H groups in total. The summed E-state index contributed by atoms with van der Waals surface area (Å²) >= 11 is 6.00. The molecule has 0 fully saturated rings. The molecule has 0 aliphatic carbocycles. The Bertz CT molecular complexity index is 1340. The van der Waals surface area contributed by atoms with Gasteiger partial charge >= 0.3 is 39.3 Å². The molecule has 192 valence electrons. The molecule has 4 aromatic rings. The molecule has 0 unspecified atom stereocenters. The van der Waals surface area contributed by atoms with Gasteiger partial charge in [-0.05, 0) is 62.3 Å². The Labute approximate surface area is 236 Å². The third kappa shape index (κ3) is 8.74. The van der Waals surface area contributed by atoms with Crippen LogP contribution in [-0.2, 0) is 15.3 Å². The standard InChI is InChI=1S/C29H32N2OSi.2BrH.Ni/c1-22(30-28-18-9-14-23-12-5-7-16-25(23)28)27(20-11-21-32-33(2,3)4)31-29-19-10-15-24-13-6-8-17-26(24)29;;;/h5-10,12-19H,11,20-21H2,1-4H3;2*1H;/q;;;+2/p-2. The van der Waals surface area contributed by atoms with E-state index < -0.39 is 8.32 Å². The number of benzene rings is 4. The summed E-state index contributed by atoms with van der Waals surface area (Å²) in [7, 11) is -0.278. The van der Waals surface area contributed by atoms with E-state index in [4.69, 9.17) is 14.4 Å². The van der Waals surface area contributed by atoms with E-state index in [9.17, 15) is 0 Å². The number of aliphatic imine (C=N–C) groups is 2. The second-order valence-corrected chi connectivity index (χ2v) is 18.9. The normalized spacial score (nSPS) is 12.6. The zero-order chi connectivity index (χ0) is 26.0. The second kappa shape index (κ2) is 14.3. The van der Waals surface area contributed by atoms with Crippen LogP contribution in [0.25, 0.3) is 21.5 Å². The van der Waals surface area contributed by atoms with Crippen LogP contribution in [0.3, 0.4) is 0 Å². The molecule has 0 saturated heterocycles. The maximum atomic E-state index is 6.10. The maximum absolute atomic E-state index is 6.10. The van der Waals surface area contributed by atoms with E-state index in [1.807, 2.05) is 0 Å². The molecule has 0 spiro atoms. The molecular weight excluding hydrogens is 639 g/mol. The van der Waals surface area contributed by atoms with Crippen molar-refractivity contribution in [3.8, 4) is 0 Å². The van der Waals surface area contributed by atoms with Crippen molar-refractivity contribution < 1.29 is 15.3 Å². The number of nitrogens with zero attached hydrogens (tertiary/aromatic N) is 2. The fourth-order valence-corrected chi connectivity index (χ4v) is 4.69. The Morgan fingerprint density at radius 2 is 1.22 bits per heavy atom. The van der Waals surface area contributed by atoms with E-state index in [2.05, 4.69) is 140 Å².